The molecule has 1 fully saturated rings. The van der Waals surface area contributed by atoms with Crippen LogP contribution in [0.25, 0.3) is 0 Å². The summed E-state index contributed by atoms with van der Waals surface area (Å²) in [7, 11) is 1.85. The minimum atomic E-state index is -0.124. The summed E-state index contributed by atoms with van der Waals surface area (Å²) in [5.41, 5.74) is 2.31. The highest BCUT2D eigenvalue weighted by atomic mass is 16.5. The van der Waals surface area contributed by atoms with Gasteiger partial charge >= 0.3 is 0 Å². The van der Waals surface area contributed by atoms with Crippen LogP contribution >= 0.6 is 0 Å². The SMILES string of the molecule is CN(CCOCC1CC1)C(=O)C1Cc2ccccc2N1. The first-order chi connectivity index (χ1) is 9.74. The summed E-state index contributed by atoms with van der Waals surface area (Å²) in [6.07, 6.45) is 3.39. The van der Waals surface area contributed by atoms with E-state index < -0.39 is 0 Å². The normalized spacial score (nSPS) is 20.4. The molecule has 1 amide bonds. The molecule has 2 aliphatic rings. The molecule has 108 valence electrons. The highest BCUT2D eigenvalue weighted by molar-refractivity contribution is 5.87. The highest BCUT2D eigenvalue weighted by Gasteiger charge is 2.28. The van der Waals surface area contributed by atoms with Crippen molar-refractivity contribution in [2.24, 2.45) is 5.92 Å². The van der Waals surface area contributed by atoms with E-state index in [1.807, 2.05) is 25.2 Å². The summed E-state index contributed by atoms with van der Waals surface area (Å²) in [6.45, 7) is 2.16. The molecule has 1 aliphatic carbocycles. The van der Waals surface area contributed by atoms with E-state index >= 15 is 0 Å². The van der Waals surface area contributed by atoms with Crippen LogP contribution in [0.15, 0.2) is 24.3 Å². The predicted molar refractivity (Wildman–Crippen MR) is 78.7 cm³/mol. The first-order valence-corrected chi connectivity index (χ1v) is 7.41. The van der Waals surface area contributed by atoms with Crippen molar-refractivity contribution in [1.29, 1.82) is 0 Å². The molecular weight excluding hydrogens is 252 g/mol. The number of ether oxygens (including phenoxy) is 1. The number of hydrogen-bond acceptors (Lipinski definition) is 3. The second-order valence-electron chi connectivity index (χ2n) is 5.84. The van der Waals surface area contributed by atoms with E-state index in [4.69, 9.17) is 4.74 Å². The van der Waals surface area contributed by atoms with E-state index in [0.29, 0.717) is 13.2 Å². The van der Waals surface area contributed by atoms with Gasteiger partial charge < -0.3 is 15.0 Å². The van der Waals surface area contributed by atoms with Crippen molar-refractivity contribution in [2.45, 2.75) is 25.3 Å². The molecule has 0 spiro atoms. The van der Waals surface area contributed by atoms with Crippen molar-refractivity contribution in [3.8, 4) is 0 Å². The summed E-state index contributed by atoms with van der Waals surface area (Å²) >= 11 is 0. The standard InChI is InChI=1S/C16H22N2O2/c1-18(8-9-20-11-12-6-7-12)16(19)15-10-13-4-2-3-5-14(13)17-15/h2-5,12,15,17H,6-11H2,1H3. The molecule has 1 N–H and O–H groups in total. The number of amides is 1. The van der Waals surface area contributed by atoms with E-state index in [-0.39, 0.29) is 11.9 Å². The van der Waals surface area contributed by atoms with Crippen LogP contribution in [0.4, 0.5) is 5.69 Å². The van der Waals surface area contributed by atoms with Crippen molar-refractivity contribution < 1.29 is 9.53 Å². The van der Waals surface area contributed by atoms with Crippen LogP contribution in [-0.2, 0) is 16.0 Å². The lowest BCUT2D eigenvalue weighted by Gasteiger charge is -2.21. The molecule has 0 saturated heterocycles. The second kappa shape index (κ2) is 5.83. The van der Waals surface area contributed by atoms with Gasteiger partial charge in [-0.2, -0.15) is 0 Å². The van der Waals surface area contributed by atoms with Crippen molar-refractivity contribution in [3.63, 3.8) is 0 Å². The molecule has 0 radical (unpaired) electrons. The van der Waals surface area contributed by atoms with Gasteiger partial charge in [-0.3, -0.25) is 4.79 Å². The van der Waals surface area contributed by atoms with Crippen molar-refractivity contribution in [3.05, 3.63) is 29.8 Å². The molecule has 20 heavy (non-hydrogen) atoms. The monoisotopic (exact) mass is 274 g/mol. The van der Waals surface area contributed by atoms with Gasteiger partial charge in [0.1, 0.15) is 6.04 Å². The third kappa shape index (κ3) is 3.12. The summed E-state index contributed by atoms with van der Waals surface area (Å²) in [5.74, 6) is 0.929. The molecule has 3 rings (SSSR count). The Morgan fingerprint density at radius 2 is 2.20 bits per heavy atom. The Bertz CT molecular complexity index is 460. The van der Waals surface area contributed by atoms with Crippen LogP contribution in [0.1, 0.15) is 18.4 Å². The zero-order valence-electron chi connectivity index (χ0n) is 12.0. The Labute approximate surface area is 120 Å². The first kappa shape index (κ1) is 13.4. The van der Waals surface area contributed by atoms with Gasteiger partial charge in [-0.15, -0.1) is 0 Å². The Morgan fingerprint density at radius 1 is 1.40 bits per heavy atom. The fraction of sp³-hybridized carbons (Fsp3) is 0.562. The number of para-hydroxylation sites is 1. The number of fused-ring (bicyclic) bond motifs is 1. The van der Waals surface area contributed by atoms with Crippen molar-refractivity contribution >= 4 is 11.6 Å². The van der Waals surface area contributed by atoms with Gasteiger partial charge in [-0.1, -0.05) is 18.2 Å². The topological polar surface area (TPSA) is 41.6 Å². The van der Waals surface area contributed by atoms with Crippen LogP contribution in [0.5, 0.6) is 0 Å². The lowest BCUT2D eigenvalue weighted by Crippen LogP contribution is -2.41. The maximum Gasteiger partial charge on any atom is 0.245 e. The zero-order valence-corrected chi connectivity index (χ0v) is 12.0. The summed E-state index contributed by atoms with van der Waals surface area (Å²) in [4.78, 5) is 14.1. The van der Waals surface area contributed by atoms with Crippen molar-refractivity contribution in [1.82, 2.24) is 4.90 Å². The summed E-state index contributed by atoms with van der Waals surface area (Å²) < 4.78 is 5.59. The number of rotatable bonds is 6. The van der Waals surface area contributed by atoms with Crippen LogP contribution < -0.4 is 5.32 Å². The number of hydrogen-bond donors (Lipinski definition) is 1. The number of benzene rings is 1. The number of carbonyl (C=O) groups is 1. The van der Waals surface area contributed by atoms with Crippen LogP contribution in [0, 0.1) is 5.92 Å². The van der Waals surface area contributed by atoms with E-state index in [0.717, 1.165) is 24.6 Å². The van der Waals surface area contributed by atoms with Gasteiger partial charge in [0.15, 0.2) is 0 Å². The number of nitrogens with one attached hydrogen (secondary N) is 1. The van der Waals surface area contributed by atoms with Gasteiger partial charge in [0.25, 0.3) is 0 Å². The molecule has 1 aromatic rings. The first-order valence-electron chi connectivity index (χ1n) is 7.41. The lowest BCUT2D eigenvalue weighted by molar-refractivity contribution is -0.131. The Morgan fingerprint density at radius 3 is 2.95 bits per heavy atom. The molecule has 1 aromatic carbocycles. The smallest absolute Gasteiger partial charge is 0.245 e. The number of likely N-dealkylation sites (N-methyl/N-ethyl adjacent to an activating group) is 1. The van der Waals surface area contributed by atoms with E-state index in [1.54, 1.807) is 4.90 Å². The number of anilines is 1. The number of nitrogens with zero attached hydrogens (tertiary/aromatic N) is 1. The molecule has 1 heterocycles. The summed E-state index contributed by atoms with van der Waals surface area (Å²) in [6, 6.07) is 7.99. The van der Waals surface area contributed by atoms with Gasteiger partial charge in [-0.05, 0) is 30.4 Å². The van der Waals surface area contributed by atoms with Crippen LogP contribution in [0.2, 0.25) is 0 Å². The molecule has 4 heteroatoms. The quantitative estimate of drug-likeness (QED) is 0.806. The molecule has 4 nitrogen and oxygen atoms in total. The lowest BCUT2D eigenvalue weighted by atomic mass is 10.1. The Hall–Kier alpha value is -1.55. The third-order valence-corrected chi connectivity index (χ3v) is 4.07. The maximum atomic E-state index is 12.4. The molecule has 1 atom stereocenters. The van der Waals surface area contributed by atoms with Crippen LogP contribution in [-0.4, -0.2) is 43.7 Å². The Balaban J connectivity index is 1.44. The largest absolute Gasteiger partial charge is 0.379 e. The van der Waals surface area contributed by atoms with Gasteiger partial charge in [-0.25, -0.2) is 0 Å². The van der Waals surface area contributed by atoms with Crippen molar-refractivity contribution in [2.75, 3.05) is 32.1 Å². The van der Waals surface area contributed by atoms with Crippen LogP contribution in [0.3, 0.4) is 0 Å². The third-order valence-electron chi connectivity index (χ3n) is 4.07. The predicted octanol–water partition coefficient (Wildman–Crippen LogP) is 1.91. The minimum absolute atomic E-state index is 0.124. The molecular formula is C16H22N2O2. The van der Waals surface area contributed by atoms with Gasteiger partial charge in [0.05, 0.1) is 6.61 Å². The van der Waals surface area contributed by atoms with Gasteiger partial charge in [0, 0.05) is 32.3 Å². The number of carbonyl (C=O) groups excluding carboxylic acids is 1. The molecule has 1 unspecified atom stereocenters. The van der Waals surface area contributed by atoms with E-state index in [1.165, 1.54) is 18.4 Å². The minimum Gasteiger partial charge on any atom is -0.379 e. The fourth-order valence-electron chi connectivity index (χ4n) is 2.56. The van der Waals surface area contributed by atoms with E-state index in [9.17, 15) is 4.79 Å². The van der Waals surface area contributed by atoms with E-state index in [2.05, 4.69) is 11.4 Å². The average molecular weight is 274 g/mol. The molecule has 0 aromatic heterocycles. The summed E-state index contributed by atoms with van der Waals surface area (Å²) in [5, 5.41) is 3.30. The molecule has 1 saturated carbocycles. The average Bonchev–Trinajstić information content (AvgIpc) is 3.18. The second-order valence-corrected chi connectivity index (χ2v) is 5.84. The highest BCUT2D eigenvalue weighted by Crippen LogP contribution is 2.28. The maximum absolute atomic E-state index is 12.4. The fourth-order valence-corrected chi connectivity index (χ4v) is 2.56. The van der Waals surface area contributed by atoms with Gasteiger partial charge in [0.2, 0.25) is 5.91 Å². The zero-order chi connectivity index (χ0) is 13.9. The molecule has 0 bridgehead atoms. The molecule has 1 aliphatic heterocycles. The Kier molecular flexibility index (Phi) is 3.92.